The highest BCUT2D eigenvalue weighted by molar-refractivity contribution is 7.15. The normalized spacial score (nSPS) is 10.7. The molecule has 0 saturated heterocycles. The fraction of sp³-hybridized carbons (Fsp3) is 0.235. The first-order valence-electron chi connectivity index (χ1n) is 7.73. The van der Waals surface area contributed by atoms with E-state index in [0.717, 1.165) is 5.56 Å². The Morgan fingerprint density at radius 3 is 2.81 bits per heavy atom. The summed E-state index contributed by atoms with van der Waals surface area (Å²) in [5.74, 6) is -0.0187. The molecule has 0 fully saturated rings. The first kappa shape index (κ1) is 17.7. The predicted molar refractivity (Wildman–Crippen MR) is 96.6 cm³/mol. The van der Waals surface area contributed by atoms with Crippen LogP contribution in [0.3, 0.4) is 0 Å². The number of ether oxygens (including phenoxy) is 2. The summed E-state index contributed by atoms with van der Waals surface area (Å²) < 4.78 is 11.7. The molecule has 0 bridgehead atoms. The van der Waals surface area contributed by atoms with E-state index in [9.17, 15) is 14.7 Å². The maximum absolute atomic E-state index is 12.3. The van der Waals surface area contributed by atoms with Crippen LogP contribution in [-0.4, -0.2) is 41.2 Å². The minimum atomic E-state index is -0.666. The Labute approximate surface area is 152 Å². The number of thiazole rings is 1. The van der Waals surface area contributed by atoms with Crippen LogP contribution in [-0.2, 0) is 6.42 Å². The van der Waals surface area contributed by atoms with Gasteiger partial charge in [-0.15, -0.1) is 11.3 Å². The minimum absolute atomic E-state index is 0.277. The lowest BCUT2D eigenvalue weighted by Crippen LogP contribution is -2.32. The zero-order chi connectivity index (χ0) is 18.7. The van der Waals surface area contributed by atoms with Gasteiger partial charge in [-0.2, -0.15) is 4.98 Å². The molecule has 2 aromatic heterocycles. The third-order valence-electron chi connectivity index (χ3n) is 3.82. The second-order valence-corrected chi connectivity index (χ2v) is 6.24. The summed E-state index contributed by atoms with van der Waals surface area (Å²) in [6, 6.07) is 5.46. The van der Waals surface area contributed by atoms with Gasteiger partial charge in [-0.25, -0.2) is 0 Å². The number of amides is 1. The first-order chi connectivity index (χ1) is 12.5. The van der Waals surface area contributed by atoms with Gasteiger partial charge >= 0.3 is 0 Å². The molecule has 1 amide bonds. The lowest BCUT2D eigenvalue weighted by atomic mass is 10.1. The Morgan fingerprint density at radius 1 is 1.31 bits per heavy atom. The van der Waals surface area contributed by atoms with Crippen molar-refractivity contribution in [2.45, 2.75) is 6.42 Å². The second kappa shape index (κ2) is 7.44. The van der Waals surface area contributed by atoms with Gasteiger partial charge in [0.05, 0.1) is 14.2 Å². The summed E-state index contributed by atoms with van der Waals surface area (Å²) in [5.41, 5.74) is -0.0408. The maximum atomic E-state index is 12.3. The number of nitrogens with one attached hydrogen (secondary N) is 1. The summed E-state index contributed by atoms with van der Waals surface area (Å²) in [4.78, 5) is 28.8. The van der Waals surface area contributed by atoms with Crippen molar-refractivity contribution in [3.8, 4) is 17.4 Å². The molecule has 8 nitrogen and oxygen atoms in total. The first-order valence-corrected chi connectivity index (χ1v) is 8.61. The predicted octanol–water partition coefficient (Wildman–Crippen LogP) is 1.45. The molecule has 26 heavy (non-hydrogen) atoms. The summed E-state index contributed by atoms with van der Waals surface area (Å²) in [6.45, 7) is 0.277. The largest absolute Gasteiger partial charge is 0.493 e. The van der Waals surface area contributed by atoms with Crippen LogP contribution in [0, 0.1) is 0 Å². The molecule has 2 N–H and O–H groups in total. The van der Waals surface area contributed by atoms with E-state index in [2.05, 4.69) is 10.3 Å². The average molecular weight is 375 g/mol. The van der Waals surface area contributed by atoms with Crippen molar-refractivity contribution in [1.29, 1.82) is 0 Å². The topological polar surface area (TPSA) is 102 Å². The summed E-state index contributed by atoms with van der Waals surface area (Å²) >= 11 is 1.20. The van der Waals surface area contributed by atoms with E-state index in [0.29, 0.717) is 22.9 Å². The number of nitrogens with zero attached hydrogens (tertiary/aromatic N) is 2. The van der Waals surface area contributed by atoms with Crippen molar-refractivity contribution in [1.82, 2.24) is 14.7 Å². The van der Waals surface area contributed by atoms with Crippen LogP contribution >= 0.6 is 11.3 Å². The van der Waals surface area contributed by atoms with Gasteiger partial charge in [-0.1, -0.05) is 6.07 Å². The van der Waals surface area contributed by atoms with E-state index in [1.165, 1.54) is 21.9 Å². The SMILES string of the molecule is COc1ccc(CCNC(=O)c2c(O)nc3sccn3c2=O)cc1OC. The molecule has 0 radical (unpaired) electrons. The Hall–Kier alpha value is -3.07. The van der Waals surface area contributed by atoms with E-state index < -0.39 is 17.3 Å². The molecule has 0 aliphatic carbocycles. The molecule has 9 heteroatoms. The number of hydrogen-bond donors (Lipinski definition) is 2. The number of rotatable bonds is 6. The number of carbonyl (C=O) groups excluding carboxylic acids is 1. The molecule has 0 saturated carbocycles. The number of hydrogen-bond acceptors (Lipinski definition) is 7. The molecule has 0 atom stereocenters. The third-order valence-corrected chi connectivity index (χ3v) is 4.58. The molecule has 1 aromatic carbocycles. The van der Waals surface area contributed by atoms with Gasteiger partial charge in [0.2, 0.25) is 5.88 Å². The zero-order valence-corrected chi connectivity index (χ0v) is 15.0. The molecule has 0 spiro atoms. The van der Waals surface area contributed by atoms with Crippen molar-refractivity contribution in [3.05, 3.63) is 51.3 Å². The molecule has 136 valence electrons. The number of methoxy groups -OCH3 is 2. The van der Waals surface area contributed by atoms with E-state index in [-0.39, 0.29) is 12.1 Å². The van der Waals surface area contributed by atoms with Crippen LogP contribution < -0.4 is 20.3 Å². The third kappa shape index (κ3) is 3.33. The zero-order valence-electron chi connectivity index (χ0n) is 14.2. The van der Waals surface area contributed by atoms with Crippen LogP contribution in [0.1, 0.15) is 15.9 Å². The van der Waals surface area contributed by atoms with Crippen molar-refractivity contribution < 1.29 is 19.4 Å². The highest BCUT2D eigenvalue weighted by Crippen LogP contribution is 2.27. The lowest BCUT2D eigenvalue weighted by molar-refractivity contribution is 0.0949. The fourth-order valence-electron chi connectivity index (χ4n) is 2.51. The van der Waals surface area contributed by atoms with E-state index in [4.69, 9.17) is 9.47 Å². The highest BCUT2D eigenvalue weighted by Gasteiger charge is 2.19. The van der Waals surface area contributed by atoms with Crippen LogP contribution in [0.5, 0.6) is 17.4 Å². The van der Waals surface area contributed by atoms with Crippen molar-refractivity contribution in [3.63, 3.8) is 0 Å². The fourth-order valence-corrected chi connectivity index (χ4v) is 3.21. The van der Waals surface area contributed by atoms with Gasteiger partial charge in [-0.3, -0.25) is 14.0 Å². The van der Waals surface area contributed by atoms with Crippen LogP contribution in [0.25, 0.3) is 4.96 Å². The molecule has 0 unspecified atom stereocenters. The Balaban J connectivity index is 1.71. The molecular weight excluding hydrogens is 358 g/mol. The van der Waals surface area contributed by atoms with Crippen molar-refractivity contribution in [2.75, 3.05) is 20.8 Å². The molecule has 3 rings (SSSR count). The summed E-state index contributed by atoms with van der Waals surface area (Å²) in [6.07, 6.45) is 2.03. The van der Waals surface area contributed by atoms with Gasteiger partial charge in [0.1, 0.15) is 0 Å². The maximum Gasteiger partial charge on any atom is 0.275 e. The van der Waals surface area contributed by atoms with Crippen molar-refractivity contribution >= 4 is 22.2 Å². The van der Waals surface area contributed by atoms with Gasteiger partial charge in [0.15, 0.2) is 22.0 Å². The Kier molecular flexibility index (Phi) is 5.08. The second-order valence-electron chi connectivity index (χ2n) is 5.37. The summed E-state index contributed by atoms with van der Waals surface area (Å²) in [7, 11) is 3.11. The van der Waals surface area contributed by atoms with Gasteiger partial charge in [-0.05, 0) is 24.1 Å². The number of fused-ring (bicyclic) bond motifs is 1. The van der Waals surface area contributed by atoms with Gasteiger partial charge in [0, 0.05) is 18.1 Å². The average Bonchev–Trinajstić information content (AvgIpc) is 3.10. The number of aromatic nitrogens is 2. The van der Waals surface area contributed by atoms with Crippen LogP contribution in [0.15, 0.2) is 34.6 Å². The number of benzene rings is 1. The Bertz CT molecular complexity index is 1010. The smallest absolute Gasteiger partial charge is 0.275 e. The lowest BCUT2D eigenvalue weighted by Gasteiger charge is -2.10. The van der Waals surface area contributed by atoms with E-state index >= 15 is 0 Å². The van der Waals surface area contributed by atoms with Gasteiger partial charge in [0.25, 0.3) is 11.5 Å². The van der Waals surface area contributed by atoms with E-state index in [1.807, 2.05) is 12.1 Å². The minimum Gasteiger partial charge on any atom is -0.493 e. The van der Waals surface area contributed by atoms with Crippen LogP contribution in [0.4, 0.5) is 0 Å². The molecular formula is C17H17N3O5S. The molecule has 0 aliphatic rings. The molecule has 0 aliphatic heterocycles. The van der Waals surface area contributed by atoms with Gasteiger partial charge < -0.3 is 19.9 Å². The standard InChI is InChI=1S/C17H17N3O5S/c1-24-11-4-3-10(9-12(11)25-2)5-6-18-14(21)13-15(22)19-17-20(16(13)23)7-8-26-17/h3-4,7-9,22H,5-6H2,1-2H3,(H,18,21). The molecule has 3 aromatic rings. The van der Waals surface area contributed by atoms with Crippen molar-refractivity contribution in [2.24, 2.45) is 0 Å². The highest BCUT2D eigenvalue weighted by atomic mass is 32.1. The monoisotopic (exact) mass is 375 g/mol. The number of aromatic hydroxyl groups is 1. The quantitative estimate of drug-likeness (QED) is 0.676. The summed E-state index contributed by atoms with van der Waals surface area (Å²) in [5, 5.41) is 14.2. The van der Waals surface area contributed by atoms with Crippen LogP contribution in [0.2, 0.25) is 0 Å². The number of carbonyl (C=O) groups is 1. The Morgan fingerprint density at radius 2 is 2.08 bits per heavy atom. The van der Waals surface area contributed by atoms with E-state index in [1.54, 1.807) is 25.7 Å². The molecule has 2 heterocycles.